The molecule has 1 aromatic heterocycles. The van der Waals surface area contributed by atoms with Crippen LogP contribution in [0.3, 0.4) is 0 Å². The maximum Gasteiger partial charge on any atom is 0.231 e. The maximum atomic E-state index is 11.6. The number of halogens is 1. The van der Waals surface area contributed by atoms with E-state index < -0.39 is 0 Å². The Labute approximate surface area is 116 Å². The van der Waals surface area contributed by atoms with Gasteiger partial charge in [0.1, 0.15) is 0 Å². The molecule has 0 atom stereocenters. The largest absolute Gasteiger partial charge is 0.359 e. The van der Waals surface area contributed by atoms with Gasteiger partial charge in [-0.25, -0.2) is 0 Å². The zero-order valence-electron chi connectivity index (χ0n) is 11.0. The third kappa shape index (κ3) is 3.23. The molecule has 0 bridgehead atoms. The number of anilines is 2. The number of aromatic nitrogens is 3. The monoisotopic (exact) mass is 284 g/mol. The van der Waals surface area contributed by atoms with Crippen molar-refractivity contribution in [2.45, 2.75) is 12.8 Å². The van der Waals surface area contributed by atoms with E-state index in [-0.39, 0.29) is 17.1 Å². The summed E-state index contributed by atoms with van der Waals surface area (Å²) in [6.45, 7) is 1.48. The van der Waals surface area contributed by atoms with E-state index in [9.17, 15) is 4.79 Å². The summed E-state index contributed by atoms with van der Waals surface area (Å²) in [6.07, 6.45) is 1.58. The molecule has 0 radical (unpaired) electrons. The van der Waals surface area contributed by atoms with Gasteiger partial charge in [0.05, 0.1) is 0 Å². The van der Waals surface area contributed by atoms with Crippen LogP contribution in [0.1, 0.15) is 12.8 Å². The summed E-state index contributed by atoms with van der Waals surface area (Å²) in [7, 11) is 3.40. The molecule has 0 aliphatic carbocycles. The molecule has 1 amide bonds. The minimum Gasteiger partial charge on any atom is -0.359 e. The zero-order chi connectivity index (χ0) is 13.8. The van der Waals surface area contributed by atoms with Gasteiger partial charge >= 0.3 is 0 Å². The number of nitrogens with zero attached hydrogens (tertiary/aromatic N) is 4. The number of piperidine rings is 1. The predicted octanol–water partition coefficient (Wildman–Crippen LogP) is 0.529. The van der Waals surface area contributed by atoms with Crippen molar-refractivity contribution in [2.75, 3.05) is 37.4 Å². The molecule has 1 aliphatic heterocycles. The molecule has 8 heteroatoms. The lowest BCUT2D eigenvalue weighted by Gasteiger charge is -2.31. The molecule has 2 N–H and O–H groups in total. The lowest BCUT2D eigenvalue weighted by Crippen LogP contribution is -2.40. The number of nitrogens with one attached hydrogen (secondary N) is 2. The fraction of sp³-hybridized carbons (Fsp3) is 0.636. The van der Waals surface area contributed by atoms with Gasteiger partial charge in [-0.2, -0.15) is 15.0 Å². The predicted molar refractivity (Wildman–Crippen MR) is 73.4 cm³/mol. The van der Waals surface area contributed by atoms with Gasteiger partial charge in [0, 0.05) is 33.1 Å². The molecular weight excluding hydrogens is 268 g/mol. The van der Waals surface area contributed by atoms with Gasteiger partial charge in [0.15, 0.2) is 0 Å². The number of carbonyl (C=O) groups excluding carboxylic acids is 1. The van der Waals surface area contributed by atoms with Gasteiger partial charge in [0.2, 0.25) is 23.1 Å². The smallest absolute Gasteiger partial charge is 0.231 e. The van der Waals surface area contributed by atoms with Crippen molar-refractivity contribution in [3.05, 3.63) is 5.28 Å². The summed E-state index contributed by atoms with van der Waals surface area (Å²) in [6, 6.07) is 0. The van der Waals surface area contributed by atoms with Crippen LogP contribution >= 0.6 is 11.6 Å². The fourth-order valence-corrected chi connectivity index (χ4v) is 2.29. The molecule has 2 rings (SSSR count). The number of carbonyl (C=O) groups is 1. The maximum absolute atomic E-state index is 11.6. The summed E-state index contributed by atoms with van der Waals surface area (Å²) in [4.78, 5) is 25.9. The first-order chi connectivity index (χ1) is 9.13. The lowest BCUT2D eigenvalue weighted by atomic mass is 9.96. The van der Waals surface area contributed by atoms with Crippen molar-refractivity contribution >= 4 is 29.4 Å². The molecular formula is C11H17ClN6O. The van der Waals surface area contributed by atoms with Gasteiger partial charge < -0.3 is 15.5 Å². The van der Waals surface area contributed by atoms with Crippen LogP contribution in [0.4, 0.5) is 11.9 Å². The van der Waals surface area contributed by atoms with Crippen molar-refractivity contribution < 1.29 is 4.79 Å². The average Bonchev–Trinajstić information content (AvgIpc) is 2.46. The van der Waals surface area contributed by atoms with E-state index >= 15 is 0 Å². The first-order valence-corrected chi connectivity index (χ1v) is 6.57. The Morgan fingerprint density at radius 2 is 1.95 bits per heavy atom. The van der Waals surface area contributed by atoms with Crippen LogP contribution in [0, 0.1) is 5.92 Å². The van der Waals surface area contributed by atoms with Crippen LogP contribution in [0.25, 0.3) is 0 Å². The molecule has 1 saturated heterocycles. The Morgan fingerprint density at radius 3 is 2.53 bits per heavy atom. The Bertz CT molecular complexity index is 460. The SMILES string of the molecule is CNC(=O)C1CCN(c2nc(Cl)nc(NC)n2)CC1. The van der Waals surface area contributed by atoms with E-state index in [4.69, 9.17) is 11.6 Å². The van der Waals surface area contributed by atoms with Gasteiger partial charge in [0.25, 0.3) is 0 Å². The highest BCUT2D eigenvalue weighted by molar-refractivity contribution is 6.28. The Balaban J connectivity index is 2.05. The molecule has 104 valence electrons. The van der Waals surface area contributed by atoms with E-state index in [0.29, 0.717) is 11.9 Å². The Morgan fingerprint density at radius 1 is 1.26 bits per heavy atom. The molecule has 1 fully saturated rings. The molecule has 19 heavy (non-hydrogen) atoms. The summed E-state index contributed by atoms with van der Waals surface area (Å²) < 4.78 is 0. The molecule has 2 heterocycles. The van der Waals surface area contributed by atoms with Crippen molar-refractivity contribution in [2.24, 2.45) is 5.92 Å². The minimum absolute atomic E-state index is 0.0716. The average molecular weight is 285 g/mol. The zero-order valence-corrected chi connectivity index (χ0v) is 11.7. The normalized spacial score (nSPS) is 16.3. The molecule has 7 nitrogen and oxygen atoms in total. The van der Waals surface area contributed by atoms with E-state index in [1.165, 1.54) is 0 Å². The van der Waals surface area contributed by atoms with Crippen LogP contribution in [-0.4, -0.2) is 48.0 Å². The number of hydrogen-bond acceptors (Lipinski definition) is 6. The summed E-state index contributed by atoms with van der Waals surface area (Å²) in [5.74, 6) is 1.18. The highest BCUT2D eigenvalue weighted by atomic mass is 35.5. The van der Waals surface area contributed by atoms with Gasteiger partial charge in [-0.15, -0.1) is 0 Å². The molecule has 0 saturated carbocycles. The van der Waals surface area contributed by atoms with Crippen LogP contribution in [0.2, 0.25) is 5.28 Å². The second-order valence-electron chi connectivity index (χ2n) is 4.35. The second-order valence-corrected chi connectivity index (χ2v) is 4.69. The highest BCUT2D eigenvalue weighted by Crippen LogP contribution is 2.22. The lowest BCUT2D eigenvalue weighted by molar-refractivity contribution is -0.125. The first-order valence-electron chi connectivity index (χ1n) is 6.20. The van der Waals surface area contributed by atoms with E-state index in [1.807, 2.05) is 4.90 Å². The summed E-state index contributed by atoms with van der Waals surface area (Å²) in [5, 5.41) is 5.70. The number of amides is 1. The van der Waals surface area contributed by atoms with Crippen molar-refractivity contribution in [3.8, 4) is 0 Å². The number of hydrogen-bond donors (Lipinski definition) is 2. The number of rotatable bonds is 3. The van der Waals surface area contributed by atoms with Crippen LogP contribution in [-0.2, 0) is 4.79 Å². The first kappa shape index (κ1) is 13.8. The van der Waals surface area contributed by atoms with Crippen molar-refractivity contribution in [3.63, 3.8) is 0 Å². The summed E-state index contributed by atoms with van der Waals surface area (Å²) in [5.41, 5.74) is 0. The van der Waals surface area contributed by atoms with E-state index in [2.05, 4.69) is 25.6 Å². The quantitative estimate of drug-likeness (QED) is 0.842. The van der Waals surface area contributed by atoms with E-state index in [0.717, 1.165) is 25.9 Å². The third-order valence-electron chi connectivity index (χ3n) is 3.21. The molecule has 0 unspecified atom stereocenters. The van der Waals surface area contributed by atoms with Gasteiger partial charge in [-0.05, 0) is 24.4 Å². The molecule has 1 aromatic rings. The van der Waals surface area contributed by atoms with Crippen LogP contribution in [0.15, 0.2) is 0 Å². The van der Waals surface area contributed by atoms with Gasteiger partial charge in [-0.3, -0.25) is 4.79 Å². The van der Waals surface area contributed by atoms with Crippen LogP contribution < -0.4 is 15.5 Å². The van der Waals surface area contributed by atoms with Crippen molar-refractivity contribution in [1.29, 1.82) is 0 Å². The highest BCUT2D eigenvalue weighted by Gasteiger charge is 2.25. The third-order valence-corrected chi connectivity index (χ3v) is 3.38. The van der Waals surface area contributed by atoms with Crippen molar-refractivity contribution in [1.82, 2.24) is 20.3 Å². The standard InChI is InChI=1S/C11H17ClN6O/c1-13-8(19)7-3-5-18(6-4-7)11-16-9(12)15-10(14-2)17-11/h7H,3-6H2,1-2H3,(H,13,19)(H,14,15,16,17). The van der Waals surface area contributed by atoms with E-state index in [1.54, 1.807) is 14.1 Å². The fourth-order valence-electron chi connectivity index (χ4n) is 2.14. The van der Waals surface area contributed by atoms with Crippen LogP contribution in [0.5, 0.6) is 0 Å². The molecule has 0 aromatic carbocycles. The summed E-state index contributed by atoms with van der Waals surface area (Å²) >= 11 is 5.86. The second kappa shape index (κ2) is 6.01. The minimum atomic E-state index is 0.0716. The topological polar surface area (TPSA) is 83.0 Å². The van der Waals surface area contributed by atoms with Gasteiger partial charge in [-0.1, -0.05) is 0 Å². The molecule has 1 aliphatic rings. The Hall–Kier alpha value is -1.63. The molecule has 0 spiro atoms. The Kier molecular flexibility index (Phi) is 4.36.